The van der Waals surface area contributed by atoms with E-state index in [1.165, 1.54) is 4.90 Å². The fraction of sp³-hybridized carbons (Fsp3) is 0.273. The fourth-order valence-corrected chi connectivity index (χ4v) is 2.08. The van der Waals surface area contributed by atoms with E-state index in [1.54, 1.807) is 24.3 Å². The molecule has 1 aromatic rings. The molecule has 5 heteroatoms. The number of anilines is 1. The molecule has 0 aliphatic carbocycles. The average molecular weight is 258 g/mol. The van der Waals surface area contributed by atoms with Crippen LogP contribution in [0.5, 0.6) is 0 Å². The van der Waals surface area contributed by atoms with Gasteiger partial charge < -0.3 is 4.90 Å². The summed E-state index contributed by atoms with van der Waals surface area (Å²) in [6.45, 7) is 0.335. The van der Waals surface area contributed by atoms with Crippen LogP contribution in [-0.2, 0) is 9.59 Å². The highest BCUT2D eigenvalue weighted by Gasteiger charge is 2.34. The van der Waals surface area contributed by atoms with E-state index >= 15 is 0 Å². The number of hydrogen-bond donors (Lipinski definition) is 0. The van der Waals surface area contributed by atoms with Crippen LogP contribution in [0.1, 0.15) is 6.42 Å². The zero-order valence-electron chi connectivity index (χ0n) is 8.32. The van der Waals surface area contributed by atoms with Gasteiger partial charge in [-0.05, 0) is 29.8 Å². The second-order valence-electron chi connectivity index (χ2n) is 3.69. The van der Waals surface area contributed by atoms with Crippen molar-refractivity contribution in [2.24, 2.45) is 5.92 Å². The van der Waals surface area contributed by atoms with E-state index < -0.39 is 11.2 Å². The summed E-state index contributed by atoms with van der Waals surface area (Å²) in [5.74, 6) is -0.505. The molecule has 0 N–H and O–H groups in total. The Kier molecular flexibility index (Phi) is 3.17. The van der Waals surface area contributed by atoms with Gasteiger partial charge in [-0.1, -0.05) is 17.7 Å². The van der Waals surface area contributed by atoms with Crippen molar-refractivity contribution in [2.45, 2.75) is 6.42 Å². The Morgan fingerprint density at radius 3 is 2.75 bits per heavy atom. The van der Waals surface area contributed by atoms with Gasteiger partial charge in [-0.3, -0.25) is 9.59 Å². The molecule has 1 saturated heterocycles. The molecule has 0 spiro atoms. The summed E-state index contributed by atoms with van der Waals surface area (Å²) in [6.07, 6.45) is 0.175. The molecule has 1 aliphatic heterocycles. The second-order valence-corrected chi connectivity index (χ2v) is 4.50. The van der Waals surface area contributed by atoms with Crippen molar-refractivity contribution in [1.29, 1.82) is 0 Å². The minimum absolute atomic E-state index is 0.0960. The van der Waals surface area contributed by atoms with E-state index in [1.807, 2.05) is 0 Å². The van der Waals surface area contributed by atoms with E-state index in [9.17, 15) is 9.59 Å². The number of halogens is 2. The Balaban J connectivity index is 2.23. The molecule has 0 radical (unpaired) electrons. The minimum atomic E-state index is -0.460. The Morgan fingerprint density at radius 1 is 1.44 bits per heavy atom. The van der Waals surface area contributed by atoms with E-state index in [4.69, 9.17) is 23.2 Å². The monoisotopic (exact) mass is 257 g/mol. The topological polar surface area (TPSA) is 37.4 Å². The second kappa shape index (κ2) is 4.44. The first kappa shape index (κ1) is 11.4. The van der Waals surface area contributed by atoms with Crippen LogP contribution in [0.2, 0.25) is 5.02 Å². The Morgan fingerprint density at radius 2 is 2.19 bits per heavy atom. The Labute approximate surface area is 103 Å². The van der Waals surface area contributed by atoms with Gasteiger partial charge >= 0.3 is 0 Å². The summed E-state index contributed by atoms with van der Waals surface area (Å²) < 4.78 is 0. The maximum absolute atomic E-state index is 11.7. The molecule has 1 aromatic carbocycles. The zero-order chi connectivity index (χ0) is 11.7. The molecule has 0 aromatic heterocycles. The molecular weight excluding hydrogens is 249 g/mol. The van der Waals surface area contributed by atoms with Crippen LogP contribution in [0.15, 0.2) is 24.3 Å². The molecular formula is C11H9Cl2NO2. The molecule has 84 valence electrons. The van der Waals surface area contributed by atoms with Crippen LogP contribution in [0.25, 0.3) is 0 Å². The molecule has 1 unspecified atom stereocenters. The molecule has 16 heavy (non-hydrogen) atoms. The van der Waals surface area contributed by atoms with Crippen molar-refractivity contribution in [3.05, 3.63) is 29.3 Å². The lowest BCUT2D eigenvalue weighted by Crippen LogP contribution is -2.25. The molecule has 0 bridgehead atoms. The van der Waals surface area contributed by atoms with E-state index in [0.29, 0.717) is 17.3 Å². The highest BCUT2D eigenvalue weighted by Crippen LogP contribution is 2.27. The van der Waals surface area contributed by atoms with Crippen LogP contribution >= 0.6 is 23.2 Å². The number of benzene rings is 1. The molecule has 1 heterocycles. The third-order valence-electron chi connectivity index (χ3n) is 2.57. The van der Waals surface area contributed by atoms with Crippen molar-refractivity contribution in [3.8, 4) is 0 Å². The lowest BCUT2D eigenvalue weighted by molar-refractivity contribution is -0.120. The number of hydrogen-bond acceptors (Lipinski definition) is 2. The first-order valence-corrected chi connectivity index (χ1v) is 5.59. The van der Waals surface area contributed by atoms with E-state index in [0.717, 1.165) is 0 Å². The molecule has 1 amide bonds. The molecule has 1 atom stereocenters. The third kappa shape index (κ3) is 2.20. The predicted molar refractivity (Wildman–Crippen MR) is 62.8 cm³/mol. The van der Waals surface area contributed by atoms with E-state index in [-0.39, 0.29) is 12.3 Å². The van der Waals surface area contributed by atoms with Gasteiger partial charge in [0.25, 0.3) is 0 Å². The third-order valence-corrected chi connectivity index (χ3v) is 3.11. The number of amides is 1. The minimum Gasteiger partial charge on any atom is -0.312 e. The first-order chi connectivity index (χ1) is 7.58. The Bertz CT molecular complexity index is 447. The normalized spacial score (nSPS) is 20.2. The summed E-state index contributed by atoms with van der Waals surface area (Å²) in [5.41, 5.74) is 0.706. The van der Waals surface area contributed by atoms with Crippen molar-refractivity contribution in [1.82, 2.24) is 0 Å². The van der Waals surface area contributed by atoms with Gasteiger partial charge in [-0.25, -0.2) is 0 Å². The number of carbonyl (C=O) groups excluding carboxylic acids is 2. The van der Waals surface area contributed by atoms with Crippen molar-refractivity contribution in [2.75, 3.05) is 11.4 Å². The zero-order valence-corrected chi connectivity index (χ0v) is 9.83. The predicted octanol–water partition coefficient (Wildman–Crippen LogP) is 2.46. The standard InChI is InChI=1S/C11H9Cl2NO2/c12-8-2-1-3-9(5-8)14-6-7(11(13)16)4-10(14)15/h1-3,5,7H,4,6H2. The lowest BCUT2D eigenvalue weighted by Gasteiger charge is -2.16. The van der Waals surface area contributed by atoms with Crippen LogP contribution in [0.4, 0.5) is 5.69 Å². The molecule has 1 fully saturated rings. The van der Waals surface area contributed by atoms with Crippen LogP contribution in [-0.4, -0.2) is 17.7 Å². The van der Waals surface area contributed by atoms with Gasteiger partial charge in [0.15, 0.2) is 0 Å². The largest absolute Gasteiger partial charge is 0.312 e. The summed E-state index contributed by atoms with van der Waals surface area (Å²) in [7, 11) is 0. The van der Waals surface area contributed by atoms with Crippen LogP contribution in [0, 0.1) is 5.92 Å². The molecule has 2 rings (SSSR count). The summed E-state index contributed by atoms with van der Waals surface area (Å²) in [4.78, 5) is 24.2. The summed E-state index contributed by atoms with van der Waals surface area (Å²) in [5, 5.41) is 0.101. The van der Waals surface area contributed by atoms with Gasteiger partial charge in [0.05, 0.1) is 5.92 Å². The highest BCUT2D eigenvalue weighted by atomic mass is 35.5. The lowest BCUT2D eigenvalue weighted by atomic mass is 10.1. The van der Waals surface area contributed by atoms with E-state index in [2.05, 4.69) is 0 Å². The maximum Gasteiger partial charge on any atom is 0.227 e. The average Bonchev–Trinajstić information content (AvgIpc) is 2.60. The van der Waals surface area contributed by atoms with Crippen molar-refractivity contribution in [3.63, 3.8) is 0 Å². The smallest absolute Gasteiger partial charge is 0.227 e. The quantitative estimate of drug-likeness (QED) is 0.764. The van der Waals surface area contributed by atoms with Crippen molar-refractivity contribution >= 4 is 40.0 Å². The maximum atomic E-state index is 11.7. The van der Waals surface area contributed by atoms with Gasteiger partial charge in [-0.15, -0.1) is 0 Å². The molecule has 0 saturated carbocycles. The first-order valence-electron chi connectivity index (χ1n) is 4.83. The van der Waals surface area contributed by atoms with Gasteiger partial charge in [0, 0.05) is 23.7 Å². The fourth-order valence-electron chi connectivity index (χ4n) is 1.75. The van der Waals surface area contributed by atoms with Crippen LogP contribution in [0.3, 0.4) is 0 Å². The summed E-state index contributed by atoms with van der Waals surface area (Å²) >= 11 is 11.2. The SMILES string of the molecule is O=C(Cl)C1CC(=O)N(c2cccc(Cl)c2)C1. The van der Waals surface area contributed by atoms with Gasteiger partial charge in [0.2, 0.25) is 11.1 Å². The molecule has 3 nitrogen and oxygen atoms in total. The Hall–Kier alpha value is -1.06. The number of rotatable bonds is 2. The molecule has 1 aliphatic rings. The van der Waals surface area contributed by atoms with Crippen molar-refractivity contribution < 1.29 is 9.59 Å². The number of nitrogens with zero attached hydrogens (tertiary/aromatic N) is 1. The summed E-state index contributed by atoms with van der Waals surface area (Å²) in [6, 6.07) is 6.97. The number of carbonyl (C=O) groups is 2. The van der Waals surface area contributed by atoms with Gasteiger partial charge in [-0.2, -0.15) is 0 Å². The van der Waals surface area contributed by atoms with Crippen LogP contribution < -0.4 is 4.90 Å². The van der Waals surface area contributed by atoms with Gasteiger partial charge in [0.1, 0.15) is 0 Å². The highest BCUT2D eigenvalue weighted by molar-refractivity contribution is 6.64.